The smallest absolute Gasteiger partial charge is 0.243 e. The Hall–Kier alpha value is -2.01. The molecule has 0 fully saturated rings. The van der Waals surface area contributed by atoms with Gasteiger partial charge in [-0.3, -0.25) is 0 Å². The Morgan fingerprint density at radius 3 is 2.76 bits per heavy atom. The second-order valence-corrected chi connectivity index (χ2v) is 4.39. The highest BCUT2D eigenvalue weighted by Crippen LogP contribution is 2.11. The summed E-state index contributed by atoms with van der Waals surface area (Å²) in [6.07, 6.45) is 0. The first-order chi connectivity index (χ1) is 8.42. The summed E-state index contributed by atoms with van der Waals surface area (Å²) in [6, 6.07) is 9.78. The van der Waals surface area contributed by atoms with Gasteiger partial charge in [0.1, 0.15) is 5.52 Å². The Labute approximate surface area is 102 Å². The van der Waals surface area contributed by atoms with Crippen LogP contribution < -0.4 is 5.32 Å². The number of hydrogen-bond acceptors (Lipinski definition) is 5. The minimum atomic E-state index is 0.565. The van der Waals surface area contributed by atoms with Gasteiger partial charge in [0, 0.05) is 6.54 Å². The van der Waals surface area contributed by atoms with Crippen LogP contribution in [0.4, 0.5) is 5.95 Å². The van der Waals surface area contributed by atoms with Crippen molar-refractivity contribution < 1.29 is 0 Å². The van der Waals surface area contributed by atoms with Gasteiger partial charge in [0.15, 0.2) is 0 Å². The lowest BCUT2D eigenvalue weighted by molar-refractivity contribution is 0.986. The van der Waals surface area contributed by atoms with Crippen LogP contribution in [0.3, 0.4) is 0 Å². The summed E-state index contributed by atoms with van der Waals surface area (Å²) in [5.74, 6) is 0.565. The maximum atomic E-state index is 4.39. The zero-order valence-electron chi connectivity index (χ0n) is 9.00. The molecule has 2 heterocycles. The van der Waals surface area contributed by atoms with E-state index in [4.69, 9.17) is 0 Å². The zero-order valence-corrected chi connectivity index (χ0v) is 9.81. The molecule has 4 nitrogen and oxygen atoms in total. The summed E-state index contributed by atoms with van der Waals surface area (Å²) in [4.78, 5) is 4.39. The minimum Gasteiger partial charge on any atom is -0.349 e. The normalized spacial score (nSPS) is 10.6. The van der Waals surface area contributed by atoms with E-state index in [0.29, 0.717) is 5.95 Å². The van der Waals surface area contributed by atoms with Gasteiger partial charge in [-0.1, -0.05) is 12.1 Å². The van der Waals surface area contributed by atoms with E-state index >= 15 is 0 Å². The van der Waals surface area contributed by atoms with Gasteiger partial charge in [-0.05, 0) is 34.5 Å². The molecule has 0 radical (unpaired) electrons. The van der Waals surface area contributed by atoms with Crippen LogP contribution in [-0.2, 0) is 6.54 Å². The van der Waals surface area contributed by atoms with Crippen molar-refractivity contribution in [2.75, 3.05) is 5.32 Å². The van der Waals surface area contributed by atoms with Crippen molar-refractivity contribution in [2.45, 2.75) is 6.54 Å². The highest BCUT2D eigenvalue weighted by atomic mass is 32.1. The predicted molar refractivity (Wildman–Crippen MR) is 69.0 cm³/mol. The second-order valence-electron chi connectivity index (χ2n) is 3.61. The molecule has 0 saturated heterocycles. The number of fused-ring (bicyclic) bond motifs is 1. The van der Waals surface area contributed by atoms with Crippen LogP contribution in [0, 0.1) is 0 Å². The summed E-state index contributed by atoms with van der Waals surface area (Å²) in [6.45, 7) is 0.726. The fraction of sp³-hybridized carbons (Fsp3) is 0.0833. The Morgan fingerprint density at radius 1 is 1.06 bits per heavy atom. The van der Waals surface area contributed by atoms with Crippen LogP contribution in [0.25, 0.3) is 11.0 Å². The lowest BCUT2D eigenvalue weighted by atomic mass is 10.3. The summed E-state index contributed by atoms with van der Waals surface area (Å²) in [5, 5.41) is 15.5. The fourth-order valence-corrected chi connectivity index (χ4v) is 2.20. The summed E-state index contributed by atoms with van der Waals surface area (Å²) < 4.78 is 0. The molecule has 2 aromatic heterocycles. The summed E-state index contributed by atoms with van der Waals surface area (Å²) >= 11 is 1.68. The molecule has 3 aromatic rings. The summed E-state index contributed by atoms with van der Waals surface area (Å²) in [7, 11) is 0. The van der Waals surface area contributed by atoms with Crippen molar-refractivity contribution >= 4 is 28.3 Å². The van der Waals surface area contributed by atoms with Crippen molar-refractivity contribution in [2.24, 2.45) is 0 Å². The van der Waals surface area contributed by atoms with Gasteiger partial charge in [-0.25, -0.2) is 4.98 Å². The van der Waals surface area contributed by atoms with E-state index in [1.54, 1.807) is 11.3 Å². The third-order valence-electron chi connectivity index (χ3n) is 2.39. The molecule has 0 bridgehead atoms. The number of rotatable bonds is 3. The number of anilines is 1. The maximum absolute atomic E-state index is 4.39. The molecule has 17 heavy (non-hydrogen) atoms. The fourth-order valence-electron chi connectivity index (χ4n) is 1.53. The molecule has 0 saturated carbocycles. The van der Waals surface area contributed by atoms with E-state index in [2.05, 4.69) is 37.3 Å². The van der Waals surface area contributed by atoms with Gasteiger partial charge in [0.05, 0.1) is 5.52 Å². The average Bonchev–Trinajstić information content (AvgIpc) is 2.89. The average molecular weight is 242 g/mol. The lowest BCUT2D eigenvalue weighted by Gasteiger charge is -2.03. The molecule has 0 aliphatic rings. The first kappa shape index (κ1) is 10.2. The molecule has 0 amide bonds. The highest BCUT2D eigenvalue weighted by molar-refractivity contribution is 7.07. The molecule has 0 spiro atoms. The van der Waals surface area contributed by atoms with Crippen LogP contribution in [-0.4, -0.2) is 15.2 Å². The van der Waals surface area contributed by atoms with Crippen LogP contribution in [0.15, 0.2) is 41.1 Å². The van der Waals surface area contributed by atoms with Crippen LogP contribution in [0.2, 0.25) is 0 Å². The molecule has 0 unspecified atom stereocenters. The topological polar surface area (TPSA) is 50.7 Å². The third-order valence-corrected chi connectivity index (χ3v) is 3.12. The van der Waals surface area contributed by atoms with Crippen molar-refractivity contribution in [3.63, 3.8) is 0 Å². The van der Waals surface area contributed by atoms with Gasteiger partial charge in [-0.2, -0.15) is 11.3 Å². The van der Waals surface area contributed by atoms with Gasteiger partial charge >= 0.3 is 0 Å². The number of nitrogens with one attached hydrogen (secondary N) is 1. The minimum absolute atomic E-state index is 0.565. The monoisotopic (exact) mass is 242 g/mol. The molecular weight excluding hydrogens is 232 g/mol. The Kier molecular flexibility index (Phi) is 2.67. The molecule has 1 aromatic carbocycles. The molecule has 0 aliphatic heterocycles. The molecule has 84 valence electrons. The first-order valence-corrected chi connectivity index (χ1v) is 6.20. The van der Waals surface area contributed by atoms with Crippen molar-refractivity contribution in [3.05, 3.63) is 46.7 Å². The standard InChI is InChI=1S/C12H10N4S/c1-2-4-11-10(3-1)14-12(16-15-11)13-7-9-5-6-17-8-9/h1-6,8H,7H2,(H,13,14,16). The van der Waals surface area contributed by atoms with Crippen LogP contribution >= 0.6 is 11.3 Å². The van der Waals surface area contributed by atoms with E-state index in [1.165, 1.54) is 5.56 Å². The lowest BCUT2D eigenvalue weighted by Crippen LogP contribution is -2.04. The molecule has 3 rings (SSSR count). The van der Waals surface area contributed by atoms with Crippen LogP contribution in [0.1, 0.15) is 5.56 Å². The quantitative estimate of drug-likeness (QED) is 0.767. The molecule has 0 aliphatic carbocycles. The predicted octanol–water partition coefficient (Wildman–Crippen LogP) is 2.70. The zero-order chi connectivity index (χ0) is 11.5. The molecular formula is C12H10N4S. The SMILES string of the molecule is c1ccc2nc(NCc3ccsc3)nnc2c1. The number of thiophene rings is 1. The van der Waals surface area contributed by atoms with Gasteiger partial charge in [0.2, 0.25) is 5.95 Å². The summed E-state index contributed by atoms with van der Waals surface area (Å²) in [5.41, 5.74) is 2.90. The van der Waals surface area contributed by atoms with Crippen molar-refractivity contribution in [1.82, 2.24) is 15.2 Å². The molecule has 5 heteroatoms. The third kappa shape index (κ3) is 2.24. The van der Waals surface area contributed by atoms with Crippen molar-refractivity contribution in [3.8, 4) is 0 Å². The Bertz CT molecular complexity index is 621. The van der Waals surface area contributed by atoms with Gasteiger partial charge in [-0.15, -0.1) is 10.2 Å². The number of hydrogen-bond donors (Lipinski definition) is 1. The Morgan fingerprint density at radius 2 is 1.94 bits per heavy atom. The van der Waals surface area contributed by atoms with E-state index in [-0.39, 0.29) is 0 Å². The van der Waals surface area contributed by atoms with E-state index in [1.807, 2.05) is 24.3 Å². The second kappa shape index (κ2) is 4.47. The van der Waals surface area contributed by atoms with E-state index < -0.39 is 0 Å². The molecule has 0 atom stereocenters. The Balaban J connectivity index is 1.81. The first-order valence-electron chi connectivity index (χ1n) is 5.26. The number of nitrogens with zero attached hydrogens (tertiary/aromatic N) is 3. The van der Waals surface area contributed by atoms with Gasteiger partial charge in [0.25, 0.3) is 0 Å². The number of aromatic nitrogens is 3. The number of benzene rings is 1. The number of para-hydroxylation sites is 1. The molecule has 1 N–H and O–H groups in total. The largest absolute Gasteiger partial charge is 0.349 e. The highest BCUT2D eigenvalue weighted by Gasteiger charge is 2.00. The van der Waals surface area contributed by atoms with Crippen molar-refractivity contribution in [1.29, 1.82) is 0 Å². The van der Waals surface area contributed by atoms with Gasteiger partial charge < -0.3 is 5.32 Å². The van der Waals surface area contributed by atoms with E-state index in [0.717, 1.165) is 17.6 Å². The van der Waals surface area contributed by atoms with Crippen LogP contribution in [0.5, 0.6) is 0 Å². The maximum Gasteiger partial charge on any atom is 0.243 e. The van der Waals surface area contributed by atoms with E-state index in [9.17, 15) is 0 Å².